The summed E-state index contributed by atoms with van der Waals surface area (Å²) >= 11 is 0. The average molecular weight is 372 g/mol. The number of allylic oxidation sites excluding steroid dienone is 2. The maximum Gasteiger partial charge on any atom is 0.274 e. The summed E-state index contributed by atoms with van der Waals surface area (Å²) in [6, 6.07) is 1.98. The first-order valence-corrected chi connectivity index (χ1v) is 7.89. The van der Waals surface area contributed by atoms with Crippen LogP contribution in [-0.2, 0) is 4.79 Å². The van der Waals surface area contributed by atoms with Crippen LogP contribution in [0.4, 0.5) is 5.69 Å². The van der Waals surface area contributed by atoms with E-state index in [2.05, 4.69) is 20.9 Å². The Morgan fingerprint density at radius 3 is 3.00 bits per heavy atom. The smallest absolute Gasteiger partial charge is 0.274 e. The molecule has 1 aromatic carbocycles. The number of nitro groups is 1. The van der Waals surface area contributed by atoms with Crippen LogP contribution in [0.2, 0.25) is 0 Å². The topological polar surface area (TPSA) is 142 Å². The number of amides is 1. The summed E-state index contributed by atoms with van der Waals surface area (Å²) in [6.07, 6.45) is 8.62. The lowest BCUT2D eigenvalue weighted by Gasteiger charge is -2.21. The summed E-state index contributed by atoms with van der Waals surface area (Å²) in [6.45, 7) is -0.0651. The number of hydrogen-bond acceptors (Lipinski definition) is 9. The molecule has 3 rings (SSSR count). The summed E-state index contributed by atoms with van der Waals surface area (Å²) in [5.74, 6) is -0.847. The molecule has 0 fully saturated rings. The van der Waals surface area contributed by atoms with Gasteiger partial charge in [-0.2, -0.15) is 10.2 Å². The molecule has 0 saturated heterocycles. The molecule has 140 valence electrons. The molecule has 2 unspecified atom stereocenters. The number of aromatic hydroxyl groups is 1. The van der Waals surface area contributed by atoms with Gasteiger partial charge in [-0.1, -0.05) is 29.5 Å². The van der Waals surface area contributed by atoms with E-state index < -0.39 is 10.8 Å². The van der Waals surface area contributed by atoms with E-state index in [-0.39, 0.29) is 41.4 Å². The van der Waals surface area contributed by atoms with Gasteiger partial charge in [-0.15, -0.1) is 0 Å². The third-order valence-corrected chi connectivity index (χ3v) is 3.94. The zero-order chi connectivity index (χ0) is 19.4. The van der Waals surface area contributed by atoms with Crippen LogP contribution in [0.3, 0.4) is 0 Å². The maximum atomic E-state index is 12.0. The van der Waals surface area contributed by atoms with Crippen molar-refractivity contribution in [1.82, 2.24) is 10.4 Å². The van der Waals surface area contributed by atoms with Gasteiger partial charge in [0.05, 0.1) is 30.4 Å². The molecule has 1 aliphatic heterocycles. The third kappa shape index (κ3) is 3.92. The molecule has 11 nitrogen and oxygen atoms in total. The Balaban J connectivity index is 1.64. The van der Waals surface area contributed by atoms with Crippen molar-refractivity contribution in [3.05, 3.63) is 52.1 Å². The molecule has 11 heteroatoms. The molecule has 2 aliphatic rings. The van der Waals surface area contributed by atoms with Crippen molar-refractivity contribution < 1.29 is 19.6 Å². The van der Waals surface area contributed by atoms with Gasteiger partial charge in [0.25, 0.3) is 11.6 Å². The van der Waals surface area contributed by atoms with Crippen molar-refractivity contribution in [1.29, 1.82) is 0 Å². The minimum Gasteiger partial charge on any atom is -0.504 e. The van der Waals surface area contributed by atoms with Crippen molar-refractivity contribution in [3.63, 3.8) is 0 Å². The van der Waals surface area contributed by atoms with Crippen molar-refractivity contribution in [2.75, 3.05) is 13.7 Å². The van der Waals surface area contributed by atoms with Crippen molar-refractivity contribution in [2.24, 2.45) is 15.4 Å². The lowest BCUT2D eigenvalue weighted by Crippen LogP contribution is -2.39. The van der Waals surface area contributed by atoms with Gasteiger partial charge in [-0.25, -0.2) is 5.43 Å². The van der Waals surface area contributed by atoms with Crippen LogP contribution in [0.25, 0.3) is 0 Å². The number of rotatable bonds is 6. The first-order valence-electron chi connectivity index (χ1n) is 7.89. The monoisotopic (exact) mass is 372 g/mol. The number of nitro benzene ring substituents is 1. The van der Waals surface area contributed by atoms with E-state index in [0.29, 0.717) is 0 Å². The highest BCUT2D eigenvalue weighted by Gasteiger charge is 2.31. The van der Waals surface area contributed by atoms with E-state index in [1.54, 1.807) is 0 Å². The lowest BCUT2D eigenvalue weighted by atomic mass is 10.0. The van der Waals surface area contributed by atoms with Crippen LogP contribution in [0, 0.1) is 10.1 Å². The number of carbonyl (C=O) groups excluding carboxylic acids is 1. The Hall–Kier alpha value is -3.76. The fourth-order valence-corrected chi connectivity index (χ4v) is 2.62. The number of methoxy groups -OCH3 is 1. The lowest BCUT2D eigenvalue weighted by molar-refractivity contribution is -0.385. The van der Waals surface area contributed by atoms with Gasteiger partial charge in [0.1, 0.15) is 12.6 Å². The summed E-state index contributed by atoms with van der Waals surface area (Å²) < 4.78 is 4.90. The van der Waals surface area contributed by atoms with E-state index in [0.717, 1.165) is 18.3 Å². The van der Waals surface area contributed by atoms with Crippen LogP contribution >= 0.6 is 0 Å². The number of phenolic OH excluding ortho intramolecular Hbond substituents is 1. The Morgan fingerprint density at radius 2 is 2.26 bits per heavy atom. The number of hydrazone groups is 1. The van der Waals surface area contributed by atoms with Crippen LogP contribution in [0.1, 0.15) is 5.56 Å². The molecule has 0 bridgehead atoms. The molecular weight excluding hydrogens is 356 g/mol. The van der Waals surface area contributed by atoms with Gasteiger partial charge in [-0.05, 0) is 0 Å². The highest BCUT2D eigenvalue weighted by Crippen LogP contribution is 2.33. The fraction of sp³-hybridized carbons (Fsp3) is 0.250. The molecule has 0 saturated carbocycles. The number of non-ortho nitro benzene ring substituents is 1. The molecule has 0 aromatic heterocycles. The Morgan fingerprint density at radius 1 is 1.48 bits per heavy atom. The van der Waals surface area contributed by atoms with Gasteiger partial charge in [0.2, 0.25) is 0 Å². The van der Waals surface area contributed by atoms with E-state index in [9.17, 15) is 20.0 Å². The van der Waals surface area contributed by atoms with Crippen LogP contribution in [0.15, 0.2) is 51.9 Å². The van der Waals surface area contributed by atoms with Crippen molar-refractivity contribution in [3.8, 4) is 11.5 Å². The number of fused-ring (bicyclic) bond motifs is 1. The summed E-state index contributed by atoms with van der Waals surface area (Å²) in [7, 11) is 1.27. The second kappa shape index (κ2) is 7.64. The molecule has 0 spiro atoms. The quantitative estimate of drug-likeness (QED) is 0.438. The molecule has 2 atom stereocenters. The van der Waals surface area contributed by atoms with E-state index in [4.69, 9.17) is 4.74 Å². The summed E-state index contributed by atoms with van der Waals surface area (Å²) in [5, 5.41) is 34.2. The number of nitrogens with one attached hydrogen (secondary N) is 1. The van der Waals surface area contributed by atoms with Gasteiger partial charge >= 0.3 is 0 Å². The second-order valence-corrected chi connectivity index (χ2v) is 5.69. The SMILES string of the molecule is COc1cc([N+](=O)[O-])cc(/C=N/NC(=O)CN2N=NC3C=CC=CC32)c1O. The minimum absolute atomic E-state index is 0.0302. The second-order valence-electron chi connectivity index (χ2n) is 5.69. The van der Waals surface area contributed by atoms with Gasteiger partial charge in [-0.3, -0.25) is 19.9 Å². The summed E-state index contributed by atoms with van der Waals surface area (Å²) in [4.78, 5) is 22.4. The number of nitrogens with zero attached hydrogens (tertiary/aromatic N) is 5. The highest BCUT2D eigenvalue weighted by molar-refractivity contribution is 5.87. The van der Waals surface area contributed by atoms with Crippen LogP contribution in [0.5, 0.6) is 11.5 Å². The predicted octanol–water partition coefficient (Wildman–Crippen LogP) is 1.31. The highest BCUT2D eigenvalue weighted by atomic mass is 16.6. The largest absolute Gasteiger partial charge is 0.504 e. The van der Waals surface area contributed by atoms with E-state index in [1.165, 1.54) is 12.1 Å². The standard InChI is InChI=1S/C16H16N6O5/c1-27-14-7-11(22(25)26)6-10(16(14)24)8-17-19-15(23)9-21-13-5-3-2-4-12(13)18-20-21/h2-8,12-13,24H,9H2,1H3,(H,19,23)/b17-8+. The first kappa shape index (κ1) is 18.0. The van der Waals surface area contributed by atoms with Crippen molar-refractivity contribution >= 4 is 17.8 Å². The molecule has 1 aliphatic carbocycles. The van der Waals surface area contributed by atoms with E-state index >= 15 is 0 Å². The molecule has 27 heavy (non-hydrogen) atoms. The number of ether oxygens (including phenoxy) is 1. The van der Waals surface area contributed by atoms with Gasteiger partial charge in [0, 0.05) is 11.6 Å². The Kier molecular flexibility index (Phi) is 5.11. The van der Waals surface area contributed by atoms with Gasteiger partial charge in [0.15, 0.2) is 11.5 Å². The normalized spacial score (nSPS) is 20.1. The molecule has 1 aromatic rings. The van der Waals surface area contributed by atoms with Crippen molar-refractivity contribution in [2.45, 2.75) is 12.1 Å². The molecular formula is C16H16N6O5. The van der Waals surface area contributed by atoms with Gasteiger partial charge < -0.3 is 9.84 Å². The van der Waals surface area contributed by atoms with E-state index in [1.807, 2.05) is 24.3 Å². The average Bonchev–Trinajstić information content (AvgIpc) is 3.06. The maximum absolute atomic E-state index is 12.0. The molecule has 1 amide bonds. The number of carbonyl (C=O) groups is 1. The van der Waals surface area contributed by atoms with Crippen LogP contribution in [-0.4, -0.2) is 52.9 Å². The molecule has 0 radical (unpaired) electrons. The third-order valence-electron chi connectivity index (χ3n) is 3.94. The summed E-state index contributed by atoms with van der Waals surface area (Å²) in [5.41, 5.74) is 2.04. The fourth-order valence-electron chi connectivity index (χ4n) is 2.62. The molecule has 1 heterocycles. The van der Waals surface area contributed by atoms with Crippen LogP contribution < -0.4 is 10.2 Å². The number of phenols is 1. The Bertz CT molecular complexity index is 878. The predicted molar refractivity (Wildman–Crippen MR) is 94.5 cm³/mol. The zero-order valence-corrected chi connectivity index (χ0v) is 14.2. The first-order chi connectivity index (χ1) is 13.0. The minimum atomic E-state index is -0.626. The Labute approximate surface area is 153 Å². The zero-order valence-electron chi connectivity index (χ0n) is 14.2. The number of benzene rings is 1. The number of hydrogen-bond donors (Lipinski definition) is 2. The molecule has 2 N–H and O–H groups in total.